The van der Waals surface area contributed by atoms with Crippen LogP contribution in [0.1, 0.15) is 31.2 Å². The van der Waals surface area contributed by atoms with E-state index >= 15 is 0 Å². The molecule has 1 heterocycles. The number of halogens is 2. The van der Waals surface area contributed by atoms with Crippen LogP contribution >= 0.6 is 12.4 Å². The normalized spacial score (nSPS) is 11.7. The molecule has 0 spiro atoms. The molecular formula is C16H22ClFN4O2. The van der Waals surface area contributed by atoms with E-state index in [-0.39, 0.29) is 36.6 Å². The summed E-state index contributed by atoms with van der Waals surface area (Å²) in [5.74, 6) is 0.258. The highest BCUT2D eigenvalue weighted by Crippen LogP contribution is 2.19. The maximum Gasteiger partial charge on any atom is 0.227 e. The number of amides is 1. The van der Waals surface area contributed by atoms with E-state index in [1.54, 1.807) is 19.1 Å². The summed E-state index contributed by atoms with van der Waals surface area (Å²) in [4.78, 5) is 15.9. The van der Waals surface area contributed by atoms with Gasteiger partial charge in [-0.15, -0.1) is 12.4 Å². The van der Waals surface area contributed by atoms with E-state index in [2.05, 4.69) is 15.5 Å². The second-order valence-corrected chi connectivity index (χ2v) is 5.59. The first-order valence-corrected chi connectivity index (χ1v) is 7.57. The lowest BCUT2D eigenvalue weighted by Crippen LogP contribution is -2.29. The van der Waals surface area contributed by atoms with Gasteiger partial charge in [0.15, 0.2) is 0 Å². The Bertz CT molecular complexity index is 676. The van der Waals surface area contributed by atoms with Crippen LogP contribution in [-0.4, -0.2) is 28.6 Å². The SMILES string of the molecule is Cc1ccc(-c2noc(CCC(=O)NCCC(C)N)n2)cc1F.Cl. The third-order valence-corrected chi connectivity index (χ3v) is 3.39. The fraction of sp³-hybridized carbons (Fsp3) is 0.438. The van der Waals surface area contributed by atoms with E-state index in [0.29, 0.717) is 35.8 Å². The van der Waals surface area contributed by atoms with Crippen LogP contribution in [0, 0.1) is 12.7 Å². The molecule has 1 aromatic heterocycles. The van der Waals surface area contributed by atoms with Crippen molar-refractivity contribution >= 4 is 18.3 Å². The first kappa shape index (κ1) is 20.1. The standard InChI is InChI=1S/C16H21FN4O2.ClH/c1-10-3-4-12(9-13(10)17)16-20-15(23-21-16)6-5-14(22)19-8-7-11(2)18;/h3-4,9,11H,5-8,18H2,1-2H3,(H,19,22);1H. The lowest BCUT2D eigenvalue weighted by molar-refractivity contribution is -0.121. The molecule has 0 aliphatic carbocycles. The van der Waals surface area contributed by atoms with E-state index in [9.17, 15) is 9.18 Å². The zero-order chi connectivity index (χ0) is 16.8. The molecular weight excluding hydrogens is 335 g/mol. The van der Waals surface area contributed by atoms with Gasteiger partial charge in [-0.1, -0.05) is 17.3 Å². The Balaban J connectivity index is 0.00000288. The zero-order valence-corrected chi connectivity index (χ0v) is 14.5. The molecule has 6 nitrogen and oxygen atoms in total. The van der Waals surface area contributed by atoms with Crippen molar-refractivity contribution in [3.8, 4) is 11.4 Å². The van der Waals surface area contributed by atoms with Crippen molar-refractivity contribution in [3.05, 3.63) is 35.5 Å². The number of carbonyl (C=O) groups is 1. The summed E-state index contributed by atoms with van der Waals surface area (Å²) in [6, 6.07) is 4.81. The number of aromatic nitrogens is 2. The first-order chi connectivity index (χ1) is 11.0. The molecule has 2 aromatic rings. The van der Waals surface area contributed by atoms with E-state index in [0.717, 1.165) is 6.42 Å². The van der Waals surface area contributed by atoms with Crippen molar-refractivity contribution in [1.82, 2.24) is 15.5 Å². The van der Waals surface area contributed by atoms with Crippen LogP contribution in [0.3, 0.4) is 0 Å². The second-order valence-electron chi connectivity index (χ2n) is 5.59. The van der Waals surface area contributed by atoms with Crippen molar-refractivity contribution in [1.29, 1.82) is 0 Å². The summed E-state index contributed by atoms with van der Waals surface area (Å²) in [7, 11) is 0. The molecule has 1 unspecified atom stereocenters. The average Bonchev–Trinajstić information content (AvgIpc) is 2.96. The highest BCUT2D eigenvalue weighted by atomic mass is 35.5. The van der Waals surface area contributed by atoms with E-state index in [4.69, 9.17) is 10.3 Å². The fourth-order valence-electron chi connectivity index (χ4n) is 1.95. The Morgan fingerprint density at radius 3 is 2.88 bits per heavy atom. The van der Waals surface area contributed by atoms with Crippen LogP contribution in [0.4, 0.5) is 4.39 Å². The van der Waals surface area contributed by atoms with Gasteiger partial charge in [-0.25, -0.2) is 4.39 Å². The van der Waals surface area contributed by atoms with E-state index < -0.39 is 0 Å². The van der Waals surface area contributed by atoms with Gasteiger partial charge >= 0.3 is 0 Å². The summed E-state index contributed by atoms with van der Waals surface area (Å²) < 4.78 is 18.7. The van der Waals surface area contributed by atoms with Crippen LogP contribution in [0.15, 0.2) is 22.7 Å². The van der Waals surface area contributed by atoms with Crippen LogP contribution in [-0.2, 0) is 11.2 Å². The number of aryl methyl sites for hydroxylation is 2. The molecule has 8 heteroatoms. The Hall–Kier alpha value is -1.99. The largest absolute Gasteiger partial charge is 0.356 e. The predicted octanol–water partition coefficient (Wildman–Crippen LogP) is 2.39. The molecule has 0 radical (unpaired) electrons. The lowest BCUT2D eigenvalue weighted by atomic mass is 10.1. The van der Waals surface area contributed by atoms with Crippen molar-refractivity contribution in [3.63, 3.8) is 0 Å². The summed E-state index contributed by atoms with van der Waals surface area (Å²) in [6.45, 7) is 4.12. The Morgan fingerprint density at radius 2 is 2.21 bits per heavy atom. The molecule has 1 amide bonds. The minimum absolute atomic E-state index is 0. The molecule has 0 bridgehead atoms. The van der Waals surface area contributed by atoms with Gasteiger partial charge in [0, 0.05) is 31.0 Å². The van der Waals surface area contributed by atoms with Crippen LogP contribution in [0.25, 0.3) is 11.4 Å². The van der Waals surface area contributed by atoms with Gasteiger partial charge in [-0.05, 0) is 31.9 Å². The molecule has 24 heavy (non-hydrogen) atoms. The number of nitrogens with zero attached hydrogens (tertiary/aromatic N) is 2. The molecule has 3 N–H and O–H groups in total. The van der Waals surface area contributed by atoms with Gasteiger partial charge in [0.1, 0.15) is 5.82 Å². The number of hydrogen-bond acceptors (Lipinski definition) is 5. The first-order valence-electron chi connectivity index (χ1n) is 7.57. The molecule has 2 rings (SSSR count). The number of hydrogen-bond donors (Lipinski definition) is 2. The van der Waals surface area contributed by atoms with Crippen LogP contribution in [0.5, 0.6) is 0 Å². The maximum atomic E-state index is 13.6. The maximum absolute atomic E-state index is 13.6. The number of rotatable bonds is 7. The Morgan fingerprint density at radius 1 is 1.46 bits per heavy atom. The predicted molar refractivity (Wildman–Crippen MR) is 91.3 cm³/mol. The molecule has 1 aromatic carbocycles. The molecule has 0 aliphatic heterocycles. The third kappa shape index (κ3) is 5.90. The van der Waals surface area contributed by atoms with Crippen molar-refractivity contribution in [2.24, 2.45) is 5.73 Å². The molecule has 0 aliphatic rings. The Kier molecular flexibility index (Phi) is 7.81. The minimum Gasteiger partial charge on any atom is -0.356 e. The monoisotopic (exact) mass is 356 g/mol. The summed E-state index contributed by atoms with van der Waals surface area (Å²) in [5.41, 5.74) is 6.71. The molecule has 0 saturated heterocycles. The number of benzene rings is 1. The van der Waals surface area contributed by atoms with E-state index in [1.165, 1.54) is 6.07 Å². The van der Waals surface area contributed by atoms with Crippen LogP contribution in [0.2, 0.25) is 0 Å². The smallest absolute Gasteiger partial charge is 0.227 e. The van der Waals surface area contributed by atoms with E-state index in [1.807, 2.05) is 6.92 Å². The van der Waals surface area contributed by atoms with Gasteiger partial charge < -0.3 is 15.6 Å². The van der Waals surface area contributed by atoms with Crippen molar-refractivity contribution in [2.75, 3.05) is 6.54 Å². The van der Waals surface area contributed by atoms with Crippen LogP contribution < -0.4 is 11.1 Å². The Labute approximate surface area is 146 Å². The number of carbonyl (C=O) groups excluding carboxylic acids is 1. The summed E-state index contributed by atoms with van der Waals surface area (Å²) in [6.07, 6.45) is 1.32. The van der Waals surface area contributed by atoms with Gasteiger partial charge in [0.2, 0.25) is 17.6 Å². The fourth-order valence-corrected chi connectivity index (χ4v) is 1.95. The van der Waals surface area contributed by atoms with Gasteiger partial charge in [0.05, 0.1) is 0 Å². The quantitative estimate of drug-likeness (QED) is 0.794. The highest BCUT2D eigenvalue weighted by molar-refractivity contribution is 5.85. The number of nitrogens with one attached hydrogen (secondary N) is 1. The molecule has 0 fully saturated rings. The lowest BCUT2D eigenvalue weighted by Gasteiger charge is -2.06. The molecule has 0 saturated carbocycles. The zero-order valence-electron chi connectivity index (χ0n) is 13.7. The molecule has 132 valence electrons. The number of nitrogens with two attached hydrogens (primary N) is 1. The van der Waals surface area contributed by atoms with Gasteiger partial charge in [0.25, 0.3) is 0 Å². The summed E-state index contributed by atoms with van der Waals surface area (Å²) >= 11 is 0. The third-order valence-electron chi connectivity index (χ3n) is 3.39. The topological polar surface area (TPSA) is 94.0 Å². The second kappa shape index (κ2) is 9.34. The van der Waals surface area contributed by atoms with Crippen molar-refractivity contribution < 1.29 is 13.7 Å². The molecule has 1 atom stereocenters. The highest BCUT2D eigenvalue weighted by Gasteiger charge is 2.12. The van der Waals surface area contributed by atoms with Gasteiger partial charge in [-0.3, -0.25) is 4.79 Å². The average molecular weight is 357 g/mol. The summed E-state index contributed by atoms with van der Waals surface area (Å²) in [5, 5.41) is 6.60. The van der Waals surface area contributed by atoms with Crippen molar-refractivity contribution in [2.45, 2.75) is 39.2 Å². The van der Waals surface area contributed by atoms with Gasteiger partial charge in [-0.2, -0.15) is 4.98 Å². The minimum atomic E-state index is -0.317.